The van der Waals surface area contributed by atoms with Gasteiger partial charge in [0.15, 0.2) is 0 Å². The molecular weight excluding hydrogens is 490 g/mol. The molecule has 0 unspecified atom stereocenters. The van der Waals surface area contributed by atoms with Crippen LogP contribution in [0.3, 0.4) is 0 Å². The number of hydrogen-bond donors (Lipinski definition) is 2. The molecule has 3 aromatic carbocycles. The normalized spacial score (nSPS) is 14.5. The summed E-state index contributed by atoms with van der Waals surface area (Å²) in [6.07, 6.45) is 3.06. The van der Waals surface area contributed by atoms with Gasteiger partial charge in [-0.1, -0.05) is 42.5 Å². The molecule has 1 fully saturated rings. The third-order valence-corrected chi connectivity index (χ3v) is 8.27. The number of sulfonamides is 1. The summed E-state index contributed by atoms with van der Waals surface area (Å²) in [6.45, 7) is 2.80. The van der Waals surface area contributed by atoms with Crippen LogP contribution in [0.15, 0.2) is 65.6 Å². The number of benzene rings is 3. The fourth-order valence-corrected chi connectivity index (χ4v) is 6.19. The number of piperidine rings is 1. The minimum atomic E-state index is -3.85. The Morgan fingerprint density at radius 2 is 1.68 bits per heavy atom. The second-order valence-corrected chi connectivity index (χ2v) is 10.9. The minimum absolute atomic E-state index is 0.00233. The zero-order valence-corrected chi connectivity index (χ0v) is 21.6. The number of fused-ring (bicyclic) bond motifs is 1. The number of aryl methyl sites for hydroxylation is 1. The van der Waals surface area contributed by atoms with Gasteiger partial charge in [-0.15, -0.1) is 0 Å². The molecular formula is C28H31N3O5S. The van der Waals surface area contributed by atoms with E-state index < -0.39 is 10.0 Å². The van der Waals surface area contributed by atoms with Gasteiger partial charge in [0.2, 0.25) is 15.9 Å². The summed E-state index contributed by atoms with van der Waals surface area (Å²) in [5.74, 6) is -0.262. The molecule has 0 bridgehead atoms. The van der Waals surface area contributed by atoms with E-state index in [4.69, 9.17) is 0 Å². The summed E-state index contributed by atoms with van der Waals surface area (Å²) in [5, 5.41) is 4.07. The Hall–Kier alpha value is -3.56. The first-order chi connectivity index (χ1) is 17.8. The number of likely N-dealkylation sites (tertiary alicyclic amines) is 1. The molecule has 0 radical (unpaired) electrons. The van der Waals surface area contributed by atoms with E-state index in [0.717, 1.165) is 11.8 Å². The van der Waals surface area contributed by atoms with E-state index in [-0.39, 0.29) is 22.8 Å². The van der Waals surface area contributed by atoms with Gasteiger partial charge in [0, 0.05) is 54.0 Å². The third-order valence-electron chi connectivity index (χ3n) is 6.69. The Kier molecular flexibility index (Phi) is 8.35. The van der Waals surface area contributed by atoms with E-state index in [1.54, 1.807) is 53.4 Å². The van der Waals surface area contributed by atoms with Crippen molar-refractivity contribution in [1.29, 1.82) is 0 Å². The van der Waals surface area contributed by atoms with Gasteiger partial charge >= 0.3 is 0 Å². The van der Waals surface area contributed by atoms with E-state index in [1.807, 2.05) is 19.1 Å². The molecule has 1 saturated heterocycles. The number of nitrogens with one attached hydrogen (secondary N) is 2. The molecule has 0 spiro atoms. The smallest absolute Gasteiger partial charge is 0.255 e. The summed E-state index contributed by atoms with van der Waals surface area (Å²) in [4.78, 5) is 37.5. The highest BCUT2D eigenvalue weighted by Gasteiger charge is 2.27. The zero-order chi connectivity index (χ0) is 26.4. The molecule has 2 amide bonds. The lowest BCUT2D eigenvalue weighted by atomic mass is 10.1. The van der Waals surface area contributed by atoms with Crippen molar-refractivity contribution in [2.75, 3.05) is 18.4 Å². The lowest BCUT2D eigenvalue weighted by Gasteiger charge is -2.32. The Labute approximate surface area is 217 Å². The fraction of sp³-hybridized carbons (Fsp3) is 0.321. The van der Waals surface area contributed by atoms with Crippen LogP contribution in [-0.2, 0) is 19.6 Å². The molecule has 0 aromatic heterocycles. The standard InChI is InChI=1S/C28H31N3O5S/c1-20-8-2-3-9-22(20)28(34)29-25-12-6-11-24-23(25)10-7-13-26(24)37(35,36)30-21-15-17-31(18-16-21)27(33)14-4-5-19-32/h2-3,6-13,19,21,30H,4-5,14-18H2,1H3,(H,29,34). The monoisotopic (exact) mass is 521 g/mol. The summed E-state index contributed by atoms with van der Waals surface area (Å²) in [5.41, 5.74) is 1.93. The first-order valence-corrected chi connectivity index (χ1v) is 13.9. The maximum Gasteiger partial charge on any atom is 0.255 e. The highest BCUT2D eigenvalue weighted by Crippen LogP contribution is 2.30. The number of hydrogen-bond acceptors (Lipinski definition) is 5. The van der Waals surface area contributed by atoms with Crippen molar-refractivity contribution in [2.45, 2.75) is 50.0 Å². The molecule has 1 aliphatic heterocycles. The van der Waals surface area contributed by atoms with Gasteiger partial charge in [-0.3, -0.25) is 9.59 Å². The van der Waals surface area contributed by atoms with Gasteiger partial charge in [0.25, 0.3) is 5.91 Å². The SMILES string of the molecule is Cc1ccccc1C(=O)Nc1cccc2c(S(=O)(=O)NC3CCN(C(=O)CCCC=O)CC3)cccc12. The second kappa shape index (κ2) is 11.7. The maximum absolute atomic E-state index is 13.4. The van der Waals surface area contributed by atoms with Crippen LogP contribution in [0, 0.1) is 6.92 Å². The summed E-state index contributed by atoms with van der Waals surface area (Å²) < 4.78 is 29.6. The molecule has 3 aromatic rings. The van der Waals surface area contributed by atoms with Crippen molar-refractivity contribution in [3.63, 3.8) is 0 Å². The number of amides is 2. The minimum Gasteiger partial charge on any atom is -0.343 e. The predicted octanol–water partition coefficient (Wildman–Crippen LogP) is 4.04. The topological polar surface area (TPSA) is 113 Å². The molecule has 2 N–H and O–H groups in total. The zero-order valence-electron chi connectivity index (χ0n) is 20.8. The average molecular weight is 522 g/mol. The Morgan fingerprint density at radius 3 is 2.41 bits per heavy atom. The van der Waals surface area contributed by atoms with Crippen molar-refractivity contribution >= 4 is 44.6 Å². The van der Waals surface area contributed by atoms with Crippen LogP contribution in [-0.4, -0.2) is 50.5 Å². The Balaban J connectivity index is 1.48. The van der Waals surface area contributed by atoms with Gasteiger partial charge in [-0.25, -0.2) is 13.1 Å². The van der Waals surface area contributed by atoms with E-state index in [2.05, 4.69) is 10.0 Å². The van der Waals surface area contributed by atoms with Crippen LogP contribution in [0.25, 0.3) is 10.8 Å². The Morgan fingerprint density at radius 1 is 0.973 bits per heavy atom. The lowest BCUT2D eigenvalue weighted by Crippen LogP contribution is -2.46. The fourth-order valence-electron chi connectivity index (χ4n) is 4.67. The number of rotatable bonds is 9. The maximum atomic E-state index is 13.4. The van der Waals surface area contributed by atoms with Gasteiger partial charge in [-0.2, -0.15) is 0 Å². The number of carbonyl (C=O) groups is 3. The highest BCUT2D eigenvalue weighted by molar-refractivity contribution is 7.89. The molecule has 8 nitrogen and oxygen atoms in total. The van der Waals surface area contributed by atoms with Crippen LogP contribution < -0.4 is 10.0 Å². The summed E-state index contributed by atoms with van der Waals surface area (Å²) in [6, 6.07) is 17.2. The number of carbonyl (C=O) groups excluding carboxylic acids is 3. The summed E-state index contributed by atoms with van der Waals surface area (Å²) in [7, 11) is -3.85. The quantitative estimate of drug-likeness (QED) is 0.326. The Bertz CT molecular complexity index is 1410. The van der Waals surface area contributed by atoms with E-state index in [1.165, 1.54) is 0 Å². The molecule has 37 heavy (non-hydrogen) atoms. The number of nitrogens with zero attached hydrogens (tertiary/aromatic N) is 1. The molecule has 0 saturated carbocycles. The predicted molar refractivity (Wildman–Crippen MR) is 143 cm³/mol. The van der Waals surface area contributed by atoms with Gasteiger partial charge in [-0.05, 0) is 49.9 Å². The van der Waals surface area contributed by atoms with Gasteiger partial charge < -0.3 is 15.0 Å². The average Bonchev–Trinajstić information content (AvgIpc) is 2.89. The van der Waals surface area contributed by atoms with Crippen molar-refractivity contribution < 1.29 is 22.8 Å². The number of aldehydes is 1. The van der Waals surface area contributed by atoms with Crippen molar-refractivity contribution in [2.24, 2.45) is 0 Å². The van der Waals surface area contributed by atoms with Crippen molar-refractivity contribution in [3.05, 3.63) is 71.8 Å². The van der Waals surface area contributed by atoms with E-state index >= 15 is 0 Å². The molecule has 4 rings (SSSR count). The lowest BCUT2D eigenvalue weighted by molar-refractivity contribution is -0.132. The third kappa shape index (κ3) is 6.23. The van der Waals surface area contributed by atoms with Gasteiger partial charge in [0.1, 0.15) is 6.29 Å². The molecule has 1 aliphatic rings. The molecule has 194 valence electrons. The van der Waals surface area contributed by atoms with E-state index in [0.29, 0.717) is 67.2 Å². The molecule has 9 heteroatoms. The van der Waals surface area contributed by atoms with Gasteiger partial charge in [0.05, 0.1) is 4.90 Å². The van der Waals surface area contributed by atoms with Crippen LogP contribution in [0.4, 0.5) is 5.69 Å². The number of unbranched alkanes of at least 4 members (excludes halogenated alkanes) is 1. The summed E-state index contributed by atoms with van der Waals surface area (Å²) >= 11 is 0. The second-order valence-electron chi connectivity index (χ2n) is 9.26. The van der Waals surface area contributed by atoms with Crippen molar-refractivity contribution in [3.8, 4) is 0 Å². The molecule has 0 atom stereocenters. The molecule has 1 heterocycles. The van der Waals surface area contributed by atoms with Crippen molar-refractivity contribution in [1.82, 2.24) is 9.62 Å². The molecule has 0 aliphatic carbocycles. The highest BCUT2D eigenvalue weighted by atomic mass is 32.2. The van der Waals surface area contributed by atoms with Crippen LogP contribution >= 0.6 is 0 Å². The largest absolute Gasteiger partial charge is 0.343 e. The van der Waals surface area contributed by atoms with Crippen LogP contribution in [0.5, 0.6) is 0 Å². The first kappa shape index (κ1) is 26.5. The number of anilines is 1. The van der Waals surface area contributed by atoms with E-state index in [9.17, 15) is 22.8 Å². The van der Waals surface area contributed by atoms with Crippen LogP contribution in [0.1, 0.15) is 48.0 Å². The first-order valence-electron chi connectivity index (χ1n) is 12.4. The van der Waals surface area contributed by atoms with Crippen LogP contribution in [0.2, 0.25) is 0 Å².